The molecule has 154 valence electrons. The maximum atomic E-state index is 13.2. The molecule has 3 aromatic heterocycles. The molecule has 5 rings (SSSR count). The molecule has 7 nitrogen and oxygen atoms in total. The van der Waals surface area contributed by atoms with Crippen molar-refractivity contribution in [2.24, 2.45) is 0 Å². The van der Waals surface area contributed by atoms with Gasteiger partial charge in [0.25, 0.3) is 11.3 Å². The molecule has 31 heavy (non-hydrogen) atoms. The predicted octanol–water partition coefficient (Wildman–Crippen LogP) is 5.37. The molecule has 3 heterocycles. The minimum atomic E-state index is -0.294. The highest BCUT2D eigenvalue weighted by atomic mass is 35.5. The van der Waals surface area contributed by atoms with E-state index in [9.17, 15) is 4.79 Å². The third-order valence-electron chi connectivity index (χ3n) is 4.90. The second-order valence-electron chi connectivity index (χ2n) is 6.90. The van der Waals surface area contributed by atoms with E-state index >= 15 is 0 Å². The van der Waals surface area contributed by atoms with E-state index in [0.29, 0.717) is 44.2 Å². The quantitative estimate of drug-likeness (QED) is 0.364. The van der Waals surface area contributed by atoms with Gasteiger partial charge in [-0.15, -0.1) is 0 Å². The first kappa shape index (κ1) is 19.5. The second kappa shape index (κ2) is 7.68. The molecule has 0 unspecified atom stereocenters. The van der Waals surface area contributed by atoms with E-state index in [-0.39, 0.29) is 23.2 Å². The van der Waals surface area contributed by atoms with Crippen molar-refractivity contribution >= 4 is 34.3 Å². The van der Waals surface area contributed by atoms with Crippen LogP contribution in [0.3, 0.4) is 0 Å². The number of aromatic nitrogens is 4. The topological polar surface area (TPSA) is 86.9 Å². The van der Waals surface area contributed by atoms with Crippen LogP contribution in [0.15, 0.2) is 68.6 Å². The lowest BCUT2D eigenvalue weighted by atomic mass is 10.1. The molecule has 0 amide bonds. The van der Waals surface area contributed by atoms with E-state index in [1.165, 1.54) is 10.9 Å². The van der Waals surface area contributed by atoms with Crippen LogP contribution in [0, 0.1) is 6.92 Å². The van der Waals surface area contributed by atoms with Gasteiger partial charge in [0.15, 0.2) is 0 Å². The molecule has 5 aromatic rings. The fraction of sp³-hybridized carbons (Fsp3) is 0.0909. The van der Waals surface area contributed by atoms with Gasteiger partial charge in [-0.3, -0.25) is 9.36 Å². The van der Waals surface area contributed by atoms with Gasteiger partial charge >= 0.3 is 0 Å². The molecule has 0 saturated carbocycles. The lowest BCUT2D eigenvalue weighted by molar-refractivity contribution is 0.450. The van der Waals surface area contributed by atoms with Crippen molar-refractivity contribution in [3.63, 3.8) is 0 Å². The Morgan fingerprint density at radius 1 is 1.06 bits per heavy atom. The molecule has 0 N–H and O–H groups in total. The SMILES string of the molecule is Cc1oc(-c2ccccc2Cl)nc1Cn1cnc2onc(-c3ccc(Cl)cc3)c2c1=O. The third-order valence-corrected chi connectivity index (χ3v) is 5.48. The number of aryl methyl sites for hydroxylation is 1. The number of hydrogen-bond acceptors (Lipinski definition) is 6. The van der Waals surface area contributed by atoms with Crippen LogP contribution >= 0.6 is 23.2 Å². The van der Waals surface area contributed by atoms with Gasteiger partial charge in [0.2, 0.25) is 5.89 Å². The van der Waals surface area contributed by atoms with Crippen molar-refractivity contribution in [1.82, 2.24) is 19.7 Å². The summed E-state index contributed by atoms with van der Waals surface area (Å²) in [5.74, 6) is 0.983. The Kier molecular flexibility index (Phi) is 4.84. The summed E-state index contributed by atoms with van der Waals surface area (Å²) in [5.41, 5.74) is 2.27. The maximum absolute atomic E-state index is 13.2. The Balaban J connectivity index is 1.56. The van der Waals surface area contributed by atoms with Gasteiger partial charge in [-0.25, -0.2) is 9.97 Å². The second-order valence-corrected chi connectivity index (χ2v) is 7.74. The summed E-state index contributed by atoms with van der Waals surface area (Å²) in [6.45, 7) is 1.96. The zero-order valence-electron chi connectivity index (χ0n) is 16.2. The van der Waals surface area contributed by atoms with Crippen LogP contribution in [0.4, 0.5) is 0 Å². The summed E-state index contributed by atoms with van der Waals surface area (Å²) in [6.07, 6.45) is 1.41. The van der Waals surface area contributed by atoms with Crippen molar-refractivity contribution < 1.29 is 8.94 Å². The van der Waals surface area contributed by atoms with E-state index in [1.54, 1.807) is 37.3 Å². The standard InChI is InChI=1S/C22H14Cl2N4O3/c1-12-17(26-20(30-12)15-4-2-3-5-16(15)24)10-28-11-25-21-18(22(28)29)19(27-31-21)13-6-8-14(23)9-7-13/h2-9,11H,10H2,1H3. The van der Waals surface area contributed by atoms with Crippen LogP contribution in [0.5, 0.6) is 0 Å². The van der Waals surface area contributed by atoms with E-state index in [0.717, 1.165) is 0 Å². The predicted molar refractivity (Wildman–Crippen MR) is 117 cm³/mol. The van der Waals surface area contributed by atoms with Crippen molar-refractivity contribution in [3.05, 3.63) is 86.7 Å². The van der Waals surface area contributed by atoms with Crippen LogP contribution in [-0.2, 0) is 6.54 Å². The van der Waals surface area contributed by atoms with E-state index in [1.807, 2.05) is 18.2 Å². The van der Waals surface area contributed by atoms with Crippen molar-refractivity contribution in [2.45, 2.75) is 13.5 Å². The molecule has 0 atom stereocenters. The number of benzene rings is 2. The Morgan fingerprint density at radius 2 is 1.84 bits per heavy atom. The molecule has 9 heteroatoms. The minimum Gasteiger partial charge on any atom is -0.441 e. The Bertz CT molecular complexity index is 1470. The Labute approximate surface area is 185 Å². The summed E-state index contributed by atoms with van der Waals surface area (Å²) < 4.78 is 12.5. The zero-order valence-corrected chi connectivity index (χ0v) is 17.7. The molecule has 0 fully saturated rings. The summed E-state index contributed by atoms with van der Waals surface area (Å²) >= 11 is 12.2. The maximum Gasteiger partial charge on any atom is 0.267 e. The molecule has 0 aliphatic heterocycles. The Hall–Kier alpha value is -3.42. The van der Waals surface area contributed by atoms with Crippen LogP contribution in [0.1, 0.15) is 11.5 Å². The molecule has 0 aliphatic rings. The summed E-state index contributed by atoms with van der Waals surface area (Å²) in [4.78, 5) is 22.0. The van der Waals surface area contributed by atoms with Gasteiger partial charge in [0, 0.05) is 10.6 Å². The smallest absolute Gasteiger partial charge is 0.267 e. The van der Waals surface area contributed by atoms with E-state index in [4.69, 9.17) is 32.1 Å². The molecule has 2 aromatic carbocycles. The number of halogens is 2. The Morgan fingerprint density at radius 3 is 2.61 bits per heavy atom. The monoisotopic (exact) mass is 452 g/mol. The average molecular weight is 453 g/mol. The molecule has 0 spiro atoms. The molecule has 0 bridgehead atoms. The van der Waals surface area contributed by atoms with E-state index < -0.39 is 0 Å². The summed E-state index contributed by atoms with van der Waals surface area (Å²) in [7, 11) is 0. The molecular weight excluding hydrogens is 439 g/mol. The number of oxazole rings is 1. The van der Waals surface area contributed by atoms with Crippen LogP contribution in [0.25, 0.3) is 33.8 Å². The molecule has 0 aliphatic carbocycles. The van der Waals surface area contributed by atoms with Crippen molar-refractivity contribution in [1.29, 1.82) is 0 Å². The summed E-state index contributed by atoms with van der Waals surface area (Å²) in [6, 6.07) is 14.3. The molecule has 0 saturated heterocycles. The van der Waals surface area contributed by atoms with Gasteiger partial charge in [-0.05, 0) is 31.2 Å². The fourth-order valence-electron chi connectivity index (χ4n) is 3.28. The average Bonchev–Trinajstić information content (AvgIpc) is 3.35. The first-order valence-electron chi connectivity index (χ1n) is 9.33. The van der Waals surface area contributed by atoms with Crippen LogP contribution in [-0.4, -0.2) is 19.7 Å². The normalized spacial score (nSPS) is 11.3. The minimum absolute atomic E-state index is 0.167. The van der Waals surface area contributed by atoms with Gasteiger partial charge in [-0.2, -0.15) is 0 Å². The molecular formula is C22H14Cl2N4O3. The fourth-order valence-corrected chi connectivity index (χ4v) is 3.63. The van der Waals surface area contributed by atoms with Gasteiger partial charge < -0.3 is 8.94 Å². The first-order valence-corrected chi connectivity index (χ1v) is 10.1. The van der Waals surface area contributed by atoms with Crippen LogP contribution < -0.4 is 5.56 Å². The van der Waals surface area contributed by atoms with Gasteiger partial charge in [-0.1, -0.05) is 52.6 Å². The van der Waals surface area contributed by atoms with Crippen LogP contribution in [0.2, 0.25) is 10.0 Å². The largest absolute Gasteiger partial charge is 0.441 e. The number of hydrogen-bond donors (Lipinski definition) is 0. The lowest BCUT2D eigenvalue weighted by Crippen LogP contribution is -2.21. The van der Waals surface area contributed by atoms with Gasteiger partial charge in [0.1, 0.15) is 28.9 Å². The highest BCUT2D eigenvalue weighted by Crippen LogP contribution is 2.29. The lowest BCUT2D eigenvalue weighted by Gasteiger charge is -2.03. The molecule has 0 radical (unpaired) electrons. The highest BCUT2D eigenvalue weighted by molar-refractivity contribution is 6.33. The number of nitrogens with zero attached hydrogens (tertiary/aromatic N) is 4. The first-order chi connectivity index (χ1) is 15.0. The number of rotatable bonds is 4. The van der Waals surface area contributed by atoms with Gasteiger partial charge in [0.05, 0.1) is 17.1 Å². The van der Waals surface area contributed by atoms with Crippen molar-refractivity contribution in [3.8, 4) is 22.7 Å². The van der Waals surface area contributed by atoms with Crippen molar-refractivity contribution in [2.75, 3.05) is 0 Å². The third kappa shape index (κ3) is 3.52. The number of fused-ring (bicyclic) bond motifs is 1. The highest BCUT2D eigenvalue weighted by Gasteiger charge is 2.19. The summed E-state index contributed by atoms with van der Waals surface area (Å²) in [5, 5.41) is 5.44. The van der Waals surface area contributed by atoms with E-state index in [2.05, 4.69) is 15.1 Å². The zero-order chi connectivity index (χ0) is 21.5.